The topological polar surface area (TPSA) is 26.0 Å². The third-order valence-electron chi connectivity index (χ3n) is 1.10. The number of rotatable bonds is 2. The van der Waals surface area contributed by atoms with Crippen LogP contribution in [0.2, 0.25) is 0 Å². The van der Waals surface area contributed by atoms with Gasteiger partial charge in [0.15, 0.2) is 0 Å². The molecule has 9 heavy (non-hydrogen) atoms. The number of thiophene rings is 1. The maximum absolute atomic E-state index is 5.34. The molecule has 0 bridgehead atoms. The first-order valence-electron chi connectivity index (χ1n) is 2.82. The molecular weight excluding hydrogens is 150 g/mol. The van der Waals surface area contributed by atoms with Gasteiger partial charge in [0.2, 0.25) is 0 Å². The Hall–Kier alpha value is 0.01000. The number of nitrogens with two attached hydrogens (primary N) is 1. The molecule has 1 aromatic heterocycles. The summed E-state index contributed by atoms with van der Waals surface area (Å²) in [7, 11) is 0. The van der Waals surface area contributed by atoms with Gasteiger partial charge in [-0.05, 0) is 30.5 Å². The van der Waals surface area contributed by atoms with Crippen molar-refractivity contribution in [3.05, 3.63) is 17.0 Å². The van der Waals surface area contributed by atoms with Crippen molar-refractivity contribution in [3.8, 4) is 0 Å². The fraction of sp³-hybridized carbons (Fsp3) is 0.333. The molecular formula is C6H9NS2. The van der Waals surface area contributed by atoms with E-state index in [1.807, 2.05) is 0 Å². The lowest BCUT2D eigenvalue weighted by Crippen LogP contribution is -1.70. The molecule has 0 aromatic carbocycles. The molecule has 3 heteroatoms. The van der Waals surface area contributed by atoms with Crippen LogP contribution in [-0.4, -0.2) is 0 Å². The number of hydrogen-bond acceptors (Lipinski definition) is 3. The zero-order valence-corrected chi connectivity index (χ0v) is 6.89. The van der Waals surface area contributed by atoms with Crippen LogP contribution in [0.15, 0.2) is 16.3 Å². The summed E-state index contributed by atoms with van der Waals surface area (Å²) in [6.07, 6.45) is 1.12. The molecule has 0 saturated carbocycles. The maximum atomic E-state index is 5.34. The van der Waals surface area contributed by atoms with E-state index in [-0.39, 0.29) is 0 Å². The van der Waals surface area contributed by atoms with Crippen LogP contribution in [0, 0.1) is 0 Å². The van der Waals surface area contributed by atoms with E-state index in [2.05, 4.69) is 19.1 Å². The van der Waals surface area contributed by atoms with Crippen molar-refractivity contribution >= 4 is 23.3 Å². The van der Waals surface area contributed by atoms with Gasteiger partial charge in [-0.1, -0.05) is 6.92 Å². The zero-order chi connectivity index (χ0) is 6.69. The van der Waals surface area contributed by atoms with Crippen LogP contribution in [0.25, 0.3) is 0 Å². The minimum absolute atomic E-state index is 1.12. The van der Waals surface area contributed by atoms with E-state index in [9.17, 15) is 0 Å². The quantitative estimate of drug-likeness (QED) is 0.670. The minimum atomic E-state index is 1.12. The highest BCUT2D eigenvalue weighted by atomic mass is 32.2. The standard InChI is InChI=1S/C6H9NS2/c1-2-5-3-4-6(8-5)9-7/h3-4H,2,7H2,1H3. The van der Waals surface area contributed by atoms with Crippen molar-refractivity contribution in [2.75, 3.05) is 0 Å². The van der Waals surface area contributed by atoms with Crippen LogP contribution < -0.4 is 5.14 Å². The third-order valence-corrected chi connectivity index (χ3v) is 3.03. The second-order valence-corrected chi connectivity index (χ2v) is 3.79. The Morgan fingerprint density at radius 3 is 2.78 bits per heavy atom. The lowest BCUT2D eigenvalue weighted by Gasteiger charge is -1.83. The van der Waals surface area contributed by atoms with E-state index in [1.54, 1.807) is 11.3 Å². The Kier molecular flexibility index (Phi) is 2.57. The fourth-order valence-corrected chi connectivity index (χ4v) is 1.95. The van der Waals surface area contributed by atoms with Crippen molar-refractivity contribution in [2.24, 2.45) is 5.14 Å². The third kappa shape index (κ3) is 1.71. The molecule has 50 valence electrons. The molecule has 0 saturated heterocycles. The SMILES string of the molecule is CCc1ccc(SN)s1. The summed E-state index contributed by atoms with van der Waals surface area (Å²) in [5.41, 5.74) is 0. The molecule has 1 rings (SSSR count). The Morgan fingerprint density at radius 1 is 1.67 bits per heavy atom. The predicted octanol–water partition coefficient (Wildman–Crippen LogP) is 2.28. The van der Waals surface area contributed by atoms with Crippen LogP contribution in [0.4, 0.5) is 0 Å². The van der Waals surface area contributed by atoms with Gasteiger partial charge in [-0.15, -0.1) is 11.3 Å². The van der Waals surface area contributed by atoms with Gasteiger partial charge in [-0.2, -0.15) is 0 Å². The summed E-state index contributed by atoms with van der Waals surface area (Å²) in [5.74, 6) is 0. The average molecular weight is 159 g/mol. The molecule has 0 atom stereocenters. The summed E-state index contributed by atoms with van der Waals surface area (Å²) in [5, 5.41) is 5.34. The lowest BCUT2D eigenvalue weighted by molar-refractivity contribution is 1.19. The highest BCUT2D eigenvalue weighted by molar-refractivity contribution is 7.99. The molecule has 0 radical (unpaired) electrons. The van der Waals surface area contributed by atoms with Gasteiger partial charge >= 0.3 is 0 Å². The van der Waals surface area contributed by atoms with Crippen LogP contribution in [0.3, 0.4) is 0 Å². The van der Waals surface area contributed by atoms with Crippen molar-refractivity contribution < 1.29 is 0 Å². The van der Waals surface area contributed by atoms with E-state index in [1.165, 1.54) is 21.0 Å². The van der Waals surface area contributed by atoms with Gasteiger partial charge < -0.3 is 0 Å². The van der Waals surface area contributed by atoms with Gasteiger partial charge in [-0.3, -0.25) is 5.14 Å². The fourth-order valence-electron chi connectivity index (χ4n) is 0.612. The Morgan fingerprint density at radius 2 is 2.44 bits per heavy atom. The number of hydrogen-bond donors (Lipinski definition) is 1. The van der Waals surface area contributed by atoms with Crippen LogP contribution in [0.1, 0.15) is 11.8 Å². The molecule has 0 aliphatic heterocycles. The first-order valence-corrected chi connectivity index (χ1v) is 4.52. The molecule has 1 aromatic rings. The van der Waals surface area contributed by atoms with Gasteiger partial charge in [0, 0.05) is 4.88 Å². The van der Waals surface area contributed by atoms with Crippen molar-refractivity contribution in [3.63, 3.8) is 0 Å². The molecule has 0 aliphatic carbocycles. The van der Waals surface area contributed by atoms with Crippen molar-refractivity contribution in [1.82, 2.24) is 0 Å². The largest absolute Gasteiger partial charge is 0.273 e. The molecule has 0 fully saturated rings. The van der Waals surface area contributed by atoms with Crippen molar-refractivity contribution in [2.45, 2.75) is 17.6 Å². The molecule has 0 amide bonds. The Labute approximate surface area is 63.4 Å². The van der Waals surface area contributed by atoms with E-state index in [4.69, 9.17) is 5.14 Å². The van der Waals surface area contributed by atoms with Gasteiger partial charge in [0.25, 0.3) is 0 Å². The molecule has 2 N–H and O–H groups in total. The average Bonchev–Trinajstić information content (AvgIpc) is 2.34. The summed E-state index contributed by atoms with van der Waals surface area (Å²) in [6.45, 7) is 2.15. The van der Waals surface area contributed by atoms with Gasteiger partial charge in [0.05, 0.1) is 4.21 Å². The van der Waals surface area contributed by atoms with Crippen LogP contribution in [-0.2, 0) is 6.42 Å². The van der Waals surface area contributed by atoms with E-state index in [0.717, 1.165) is 6.42 Å². The van der Waals surface area contributed by atoms with E-state index < -0.39 is 0 Å². The normalized spacial score (nSPS) is 10.0. The van der Waals surface area contributed by atoms with Gasteiger partial charge in [0.1, 0.15) is 0 Å². The summed E-state index contributed by atoms with van der Waals surface area (Å²) >= 11 is 3.09. The Bertz CT molecular complexity index is 164. The molecule has 0 aliphatic rings. The van der Waals surface area contributed by atoms with Crippen LogP contribution in [0.5, 0.6) is 0 Å². The van der Waals surface area contributed by atoms with Gasteiger partial charge in [-0.25, -0.2) is 0 Å². The van der Waals surface area contributed by atoms with E-state index in [0.29, 0.717) is 0 Å². The highest BCUT2D eigenvalue weighted by Crippen LogP contribution is 2.23. The highest BCUT2D eigenvalue weighted by Gasteiger charge is 1.94. The summed E-state index contributed by atoms with van der Waals surface area (Å²) < 4.78 is 1.20. The van der Waals surface area contributed by atoms with Crippen LogP contribution >= 0.6 is 23.3 Å². The maximum Gasteiger partial charge on any atom is 0.0752 e. The second-order valence-electron chi connectivity index (χ2n) is 1.69. The smallest absolute Gasteiger partial charge is 0.0752 e. The summed E-state index contributed by atoms with van der Waals surface area (Å²) in [4.78, 5) is 1.41. The van der Waals surface area contributed by atoms with Crippen molar-refractivity contribution in [1.29, 1.82) is 0 Å². The minimum Gasteiger partial charge on any atom is -0.273 e. The molecule has 1 heterocycles. The van der Waals surface area contributed by atoms with E-state index >= 15 is 0 Å². The number of aryl methyl sites for hydroxylation is 1. The molecule has 0 unspecified atom stereocenters. The monoisotopic (exact) mass is 159 g/mol. The second kappa shape index (κ2) is 3.25. The first kappa shape index (κ1) is 7.12. The zero-order valence-electron chi connectivity index (χ0n) is 5.26. The molecule has 1 nitrogen and oxygen atoms in total. The first-order chi connectivity index (χ1) is 4.36. The Balaban J connectivity index is 2.74. The summed E-state index contributed by atoms with van der Waals surface area (Å²) in [6, 6.07) is 4.19. The molecule has 0 spiro atoms. The lowest BCUT2D eigenvalue weighted by atomic mass is 10.4. The predicted molar refractivity (Wildman–Crippen MR) is 43.7 cm³/mol.